The quantitative estimate of drug-likeness (QED) is 0.890. The molecular formula is C16H19NO5. The first-order valence-corrected chi connectivity index (χ1v) is 7.46. The molecule has 6 heteroatoms. The predicted octanol–water partition coefficient (Wildman–Crippen LogP) is 1.43. The van der Waals surface area contributed by atoms with E-state index in [2.05, 4.69) is 5.32 Å². The second-order valence-corrected chi connectivity index (χ2v) is 5.42. The maximum absolute atomic E-state index is 11.9. The van der Waals surface area contributed by atoms with Crippen LogP contribution in [0.1, 0.15) is 18.9 Å². The molecular weight excluding hydrogens is 286 g/mol. The average molecular weight is 305 g/mol. The van der Waals surface area contributed by atoms with Crippen LogP contribution in [0.4, 0.5) is 4.79 Å². The second-order valence-electron chi connectivity index (χ2n) is 5.42. The first-order valence-electron chi connectivity index (χ1n) is 7.46. The van der Waals surface area contributed by atoms with Gasteiger partial charge in [-0.2, -0.15) is 0 Å². The Kier molecular flexibility index (Phi) is 4.40. The van der Waals surface area contributed by atoms with Crippen molar-refractivity contribution in [3.8, 4) is 0 Å². The third kappa shape index (κ3) is 2.98. The SMILES string of the molecule is CCOC(=O)N[C@H]1[C@@H](OCc2ccccc2)[C@H]2O[C@H]1CC2=O. The molecule has 2 bridgehead atoms. The summed E-state index contributed by atoms with van der Waals surface area (Å²) in [6.07, 6.45) is -1.60. The topological polar surface area (TPSA) is 73.9 Å². The van der Waals surface area contributed by atoms with E-state index in [-0.39, 0.29) is 17.9 Å². The number of alkyl carbamates (subject to hydrolysis) is 1. The van der Waals surface area contributed by atoms with Crippen LogP contribution < -0.4 is 5.32 Å². The molecule has 1 N–H and O–H groups in total. The van der Waals surface area contributed by atoms with E-state index in [0.29, 0.717) is 19.6 Å². The summed E-state index contributed by atoms with van der Waals surface area (Å²) in [5, 5.41) is 2.75. The van der Waals surface area contributed by atoms with E-state index in [1.807, 2.05) is 30.3 Å². The third-order valence-corrected chi connectivity index (χ3v) is 3.94. The fraction of sp³-hybridized carbons (Fsp3) is 0.500. The molecule has 2 aliphatic heterocycles. The molecule has 0 radical (unpaired) electrons. The van der Waals surface area contributed by atoms with Crippen molar-refractivity contribution in [2.45, 2.75) is 44.3 Å². The molecule has 118 valence electrons. The first kappa shape index (κ1) is 15.0. The predicted molar refractivity (Wildman–Crippen MR) is 77.2 cm³/mol. The van der Waals surface area contributed by atoms with Gasteiger partial charge in [-0.25, -0.2) is 4.79 Å². The summed E-state index contributed by atoms with van der Waals surface area (Å²) in [7, 11) is 0. The number of hydrogen-bond acceptors (Lipinski definition) is 5. The number of hydrogen-bond donors (Lipinski definition) is 1. The molecule has 2 saturated heterocycles. The van der Waals surface area contributed by atoms with Crippen LogP contribution in [0.2, 0.25) is 0 Å². The average Bonchev–Trinajstić information content (AvgIpc) is 3.04. The maximum atomic E-state index is 11.9. The van der Waals surface area contributed by atoms with E-state index < -0.39 is 18.3 Å². The van der Waals surface area contributed by atoms with Crippen LogP contribution in [0.3, 0.4) is 0 Å². The molecule has 2 fully saturated rings. The molecule has 4 atom stereocenters. The van der Waals surface area contributed by atoms with Gasteiger partial charge in [-0.1, -0.05) is 30.3 Å². The Labute approximate surface area is 128 Å². The summed E-state index contributed by atoms with van der Waals surface area (Å²) in [5.74, 6) is 0.0324. The van der Waals surface area contributed by atoms with E-state index in [4.69, 9.17) is 14.2 Å². The number of amides is 1. The van der Waals surface area contributed by atoms with Gasteiger partial charge in [-0.3, -0.25) is 4.79 Å². The van der Waals surface area contributed by atoms with E-state index in [0.717, 1.165) is 5.56 Å². The van der Waals surface area contributed by atoms with E-state index >= 15 is 0 Å². The van der Waals surface area contributed by atoms with Gasteiger partial charge in [0.25, 0.3) is 0 Å². The number of rotatable bonds is 5. The zero-order valence-corrected chi connectivity index (χ0v) is 12.4. The van der Waals surface area contributed by atoms with Crippen LogP contribution in [0.15, 0.2) is 30.3 Å². The van der Waals surface area contributed by atoms with Crippen molar-refractivity contribution in [1.29, 1.82) is 0 Å². The Bertz CT molecular complexity index is 547. The summed E-state index contributed by atoms with van der Waals surface area (Å²) in [4.78, 5) is 23.5. The molecule has 3 rings (SSSR count). The Hall–Kier alpha value is -1.92. The lowest BCUT2D eigenvalue weighted by molar-refractivity contribution is -0.128. The van der Waals surface area contributed by atoms with Crippen LogP contribution in [0.5, 0.6) is 0 Å². The molecule has 2 aliphatic rings. The number of carbonyl (C=O) groups is 2. The van der Waals surface area contributed by atoms with Crippen molar-refractivity contribution in [2.75, 3.05) is 6.61 Å². The number of ether oxygens (including phenoxy) is 3. The van der Waals surface area contributed by atoms with E-state index in [9.17, 15) is 9.59 Å². The number of ketones is 1. The normalized spacial score (nSPS) is 29.6. The monoisotopic (exact) mass is 305 g/mol. The summed E-state index contributed by atoms with van der Waals surface area (Å²) < 4.78 is 16.4. The van der Waals surface area contributed by atoms with Gasteiger partial charge in [0.15, 0.2) is 5.78 Å². The van der Waals surface area contributed by atoms with Crippen LogP contribution in [0.25, 0.3) is 0 Å². The zero-order chi connectivity index (χ0) is 15.5. The second kappa shape index (κ2) is 6.46. The van der Waals surface area contributed by atoms with Gasteiger partial charge in [0.1, 0.15) is 12.2 Å². The molecule has 1 aromatic rings. The number of fused-ring (bicyclic) bond motifs is 2. The molecule has 0 aromatic heterocycles. The minimum Gasteiger partial charge on any atom is -0.450 e. The molecule has 1 amide bonds. The minimum atomic E-state index is -0.597. The van der Waals surface area contributed by atoms with Crippen molar-refractivity contribution in [2.24, 2.45) is 0 Å². The molecule has 2 heterocycles. The Balaban J connectivity index is 1.65. The van der Waals surface area contributed by atoms with Crippen molar-refractivity contribution < 1.29 is 23.8 Å². The third-order valence-electron chi connectivity index (χ3n) is 3.94. The summed E-state index contributed by atoms with van der Waals surface area (Å²) >= 11 is 0. The highest BCUT2D eigenvalue weighted by molar-refractivity contribution is 5.88. The molecule has 0 spiro atoms. The first-order chi connectivity index (χ1) is 10.7. The maximum Gasteiger partial charge on any atom is 0.407 e. The number of benzene rings is 1. The summed E-state index contributed by atoms with van der Waals surface area (Å²) in [5.41, 5.74) is 1.01. The smallest absolute Gasteiger partial charge is 0.407 e. The number of carbonyl (C=O) groups excluding carboxylic acids is 2. The number of Topliss-reactive ketones (excluding diaryl/α,β-unsaturated/α-hetero) is 1. The minimum absolute atomic E-state index is 0.0324. The highest BCUT2D eigenvalue weighted by Gasteiger charge is 2.55. The van der Waals surface area contributed by atoms with Gasteiger partial charge in [-0.15, -0.1) is 0 Å². The van der Waals surface area contributed by atoms with Crippen LogP contribution >= 0.6 is 0 Å². The van der Waals surface area contributed by atoms with Gasteiger partial charge < -0.3 is 19.5 Å². The summed E-state index contributed by atoms with van der Waals surface area (Å²) in [6, 6.07) is 9.32. The Morgan fingerprint density at radius 3 is 2.86 bits per heavy atom. The zero-order valence-electron chi connectivity index (χ0n) is 12.4. The fourth-order valence-electron chi connectivity index (χ4n) is 2.94. The molecule has 22 heavy (non-hydrogen) atoms. The lowest BCUT2D eigenvalue weighted by Gasteiger charge is -2.27. The van der Waals surface area contributed by atoms with Gasteiger partial charge in [0, 0.05) is 6.42 Å². The lowest BCUT2D eigenvalue weighted by atomic mass is 9.91. The van der Waals surface area contributed by atoms with Crippen molar-refractivity contribution in [3.05, 3.63) is 35.9 Å². The number of nitrogens with one attached hydrogen (secondary N) is 1. The Morgan fingerprint density at radius 1 is 1.36 bits per heavy atom. The largest absolute Gasteiger partial charge is 0.450 e. The van der Waals surface area contributed by atoms with Gasteiger partial charge in [0.2, 0.25) is 0 Å². The van der Waals surface area contributed by atoms with Crippen molar-refractivity contribution in [1.82, 2.24) is 5.32 Å². The highest BCUT2D eigenvalue weighted by Crippen LogP contribution is 2.34. The Morgan fingerprint density at radius 2 is 2.14 bits per heavy atom. The van der Waals surface area contributed by atoms with E-state index in [1.165, 1.54) is 0 Å². The van der Waals surface area contributed by atoms with Crippen molar-refractivity contribution in [3.63, 3.8) is 0 Å². The lowest BCUT2D eigenvalue weighted by Crippen LogP contribution is -2.53. The highest BCUT2D eigenvalue weighted by atomic mass is 16.6. The van der Waals surface area contributed by atoms with E-state index in [1.54, 1.807) is 6.92 Å². The summed E-state index contributed by atoms with van der Waals surface area (Å²) in [6.45, 7) is 2.40. The van der Waals surface area contributed by atoms with Crippen LogP contribution in [-0.4, -0.2) is 42.8 Å². The molecule has 6 nitrogen and oxygen atoms in total. The van der Waals surface area contributed by atoms with Gasteiger partial charge in [0.05, 0.1) is 25.4 Å². The molecule has 1 aromatic carbocycles. The van der Waals surface area contributed by atoms with Crippen LogP contribution in [0, 0.1) is 0 Å². The molecule has 0 saturated carbocycles. The fourth-order valence-corrected chi connectivity index (χ4v) is 2.94. The van der Waals surface area contributed by atoms with Gasteiger partial charge in [-0.05, 0) is 12.5 Å². The van der Waals surface area contributed by atoms with Crippen molar-refractivity contribution >= 4 is 11.9 Å². The standard InChI is InChI=1S/C16H19NO5/c1-2-20-16(19)17-13-12-8-11(18)14(22-12)15(13)21-9-10-6-4-3-5-7-10/h3-7,12-15H,2,8-9H2,1H3,(H,17,19)/t12-,13+,14-,15+/m0/s1. The molecule has 0 unspecified atom stereocenters. The molecule has 0 aliphatic carbocycles. The van der Waals surface area contributed by atoms with Gasteiger partial charge >= 0.3 is 6.09 Å². The van der Waals surface area contributed by atoms with Crippen LogP contribution in [-0.2, 0) is 25.6 Å².